The number of carbonyl (C=O) groups is 2. The summed E-state index contributed by atoms with van der Waals surface area (Å²) < 4.78 is 37.6. The maximum atomic E-state index is 12.5. The van der Waals surface area contributed by atoms with E-state index in [1.165, 1.54) is 0 Å². The molecule has 0 aromatic heterocycles. The van der Waals surface area contributed by atoms with E-state index >= 15 is 0 Å². The number of carboxylic acid groups (broad SMARTS) is 1. The number of halogens is 3. The quantitative estimate of drug-likeness (QED) is 0.867. The van der Waals surface area contributed by atoms with Gasteiger partial charge in [-0.1, -0.05) is 29.8 Å². The molecule has 0 saturated heterocycles. The molecular weight excluding hydrogens is 335 g/mol. The van der Waals surface area contributed by atoms with Gasteiger partial charge in [-0.2, -0.15) is 13.2 Å². The predicted molar refractivity (Wildman–Crippen MR) is 85.2 cm³/mol. The van der Waals surface area contributed by atoms with Crippen LogP contribution in [0.5, 0.6) is 0 Å². The second-order valence-electron chi connectivity index (χ2n) is 5.63. The lowest BCUT2D eigenvalue weighted by molar-refractivity contribution is -0.139. The number of alkyl halides is 3. The highest BCUT2D eigenvalue weighted by Gasteiger charge is 2.30. The third kappa shape index (κ3) is 5.07. The van der Waals surface area contributed by atoms with Crippen LogP contribution in [0.3, 0.4) is 0 Å². The van der Waals surface area contributed by atoms with Crippen molar-refractivity contribution in [3.63, 3.8) is 0 Å². The Kier molecular flexibility index (Phi) is 5.46. The fraction of sp³-hybridized carbons (Fsp3) is 0.222. The van der Waals surface area contributed by atoms with Gasteiger partial charge < -0.3 is 10.4 Å². The van der Waals surface area contributed by atoms with Crippen molar-refractivity contribution in [2.24, 2.45) is 0 Å². The first-order valence-corrected chi connectivity index (χ1v) is 7.43. The van der Waals surface area contributed by atoms with Gasteiger partial charge in [0.25, 0.3) is 5.91 Å². The van der Waals surface area contributed by atoms with Crippen LogP contribution in [0.2, 0.25) is 0 Å². The molecule has 7 heteroatoms. The minimum atomic E-state index is -4.50. The van der Waals surface area contributed by atoms with Crippen molar-refractivity contribution < 1.29 is 27.9 Å². The lowest BCUT2D eigenvalue weighted by Crippen LogP contribution is -2.42. The van der Waals surface area contributed by atoms with Crippen LogP contribution in [0.15, 0.2) is 48.5 Å². The Morgan fingerprint density at radius 1 is 1.04 bits per heavy atom. The Balaban J connectivity index is 2.09. The number of aliphatic carboxylic acids is 1. The topological polar surface area (TPSA) is 66.4 Å². The van der Waals surface area contributed by atoms with Crippen LogP contribution in [0.25, 0.3) is 0 Å². The van der Waals surface area contributed by atoms with Gasteiger partial charge in [-0.25, -0.2) is 4.79 Å². The van der Waals surface area contributed by atoms with Crippen LogP contribution in [0, 0.1) is 6.92 Å². The number of nitrogens with one attached hydrogen (secondary N) is 1. The van der Waals surface area contributed by atoms with E-state index in [-0.39, 0.29) is 12.0 Å². The summed E-state index contributed by atoms with van der Waals surface area (Å²) in [5.74, 6) is -1.96. The minimum absolute atomic E-state index is 0.0387. The molecule has 4 nitrogen and oxygen atoms in total. The fourth-order valence-electron chi connectivity index (χ4n) is 2.21. The number of rotatable bonds is 5. The van der Waals surface area contributed by atoms with Gasteiger partial charge in [0.05, 0.1) is 5.56 Å². The Bertz CT molecular complexity index is 753. The molecule has 132 valence electrons. The summed E-state index contributed by atoms with van der Waals surface area (Å²) >= 11 is 0. The predicted octanol–water partition coefficient (Wildman–Crippen LogP) is 3.44. The van der Waals surface area contributed by atoms with E-state index in [1.54, 1.807) is 12.1 Å². The van der Waals surface area contributed by atoms with Gasteiger partial charge in [-0.05, 0) is 36.8 Å². The Morgan fingerprint density at radius 2 is 1.60 bits per heavy atom. The van der Waals surface area contributed by atoms with Gasteiger partial charge in [0.15, 0.2) is 0 Å². The van der Waals surface area contributed by atoms with Crippen molar-refractivity contribution in [3.05, 3.63) is 70.8 Å². The molecule has 0 radical (unpaired) electrons. The third-order valence-corrected chi connectivity index (χ3v) is 3.64. The maximum absolute atomic E-state index is 12.5. The highest BCUT2D eigenvalue weighted by atomic mass is 19.4. The molecule has 0 bridgehead atoms. The zero-order chi connectivity index (χ0) is 18.6. The standard InChI is InChI=1S/C18H16F3NO3/c1-11-2-4-12(5-3-11)10-15(17(24)25)22-16(23)13-6-8-14(9-7-13)18(19,20)21/h2-9,15H,10H2,1H3,(H,22,23)(H,24,25)/t15-/m0/s1. The SMILES string of the molecule is Cc1ccc(C[C@H](NC(=O)c2ccc(C(F)(F)F)cc2)C(=O)O)cc1. The van der Waals surface area contributed by atoms with E-state index in [4.69, 9.17) is 0 Å². The molecule has 0 unspecified atom stereocenters. The lowest BCUT2D eigenvalue weighted by atomic mass is 10.0. The van der Waals surface area contributed by atoms with Crippen molar-refractivity contribution in [3.8, 4) is 0 Å². The Labute approximate surface area is 142 Å². The van der Waals surface area contributed by atoms with Crippen LogP contribution in [-0.4, -0.2) is 23.0 Å². The van der Waals surface area contributed by atoms with Crippen molar-refractivity contribution >= 4 is 11.9 Å². The Morgan fingerprint density at radius 3 is 2.08 bits per heavy atom. The number of hydrogen-bond acceptors (Lipinski definition) is 2. The smallest absolute Gasteiger partial charge is 0.416 e. The first-order chi connectivity index (χ1) is 11.7. The highest BCUT2D eigenvalue weighted by molar-refractivity contribution is 5.96. The van der Waals surface area contributed by atoms with Crippen LogP contribution in [-0.2, 0) is 17.4 Å². The largest absolute Gasteiger partial charge is 0.480 e. The molecule has 1 atom stereocenters. The molecule has 2 aromatic carbocycles. The van der Waals surface area contributed by atoms with Crippen LogP contribution >= 0.6 is 0 Å². The van der Waals surface area contributed by atoms with E-state index in [0.29, 0.717) is 0 Å². The minimum Gasteiger partial charge on any atom is -0.480 e. The zero-order valence-electron chi connectivity index (χ0n) is 13.3. The molecule has 2 N–H and O–H groups in total. The number of carboxylic acids is 1. The first-order valence-electron chi connectivity index (χ1n) is 7.43. The van der Waals surface area contributed by atoms with Gasteiger partial charge in [0.2, 0.25) is 0 Å². The van der Waals surface area contributed by atoms with Gasteiger partial charge in [0, 0.05) is 12.0 Å². The molecule has 2 aromatic rings. The fourth-order valence-corrected chi connectivity index (χ4v) is 2.21. The number of amides is 1. The summed E-state index contributed by atoms with van der Waals surface area (Å²) in [6.07, 6.45) is -4.42. The van der Waals surface area contributed by atoms with E-state index < -0.39 is 29.7 Å². The molecule has 0 aliphatic carbocycles. The van der Waals surface area contributed by atoms with Crippen molar-refractivity contribution in [1.29, 1.82) is 0 Å². The molecule has 2 rings (SSSR count). The number of aryl methyl sites for hydroxylation is 1. The molecule has 1 amide bonds. The lowest BCUT2D eigenvalue weighted by Gasteiger charge is -2.15. The summed E-state index contributed by atoms with van der Waals surface area (Å²) in [6, 6.07) is 9.59. The summed E-state index contributed by atoms with van der Waals surface area (Å²) in [6.45, 7) is 1.89. The second-order valence-corrected chi connectivity index (χ2v) is 5.63. The van der Waals surface area contributed by atoms with Crippen LogP contribution in [0.1, 0.15) is 27.0 Å². The third-order valence-electron chi connectivity index (χ3n) is 3.64. The summed E-state index contributed by atoms with van der Waals surface area (Å²) in [5.41, 5.74) is 0.830. The highest BCUT2D eigenvalue weighted by Crippen LogP contribution is 2.29. The van der Waals surface area contributed by atoms with Gasteiger partial charge >= 0.3 is 12.1 Å². The zero-order valence-corrected chi connectivity index (χ0v) is 13.3. The summed E-state index contributed by atoms with van der Waals surface area (Å²) in [5, 5.41) is 11.6. The molecule has 0 fully saturated rings. The van der Waals surface area contributed by atoms with E-state index in [2.05, 4.69) is 5.32 Å². The van der Waals surface area contributed by atoms with Crippen molar-refractivity contribution in [1.82, 2.24) is 5.32 Å². The van der Waals surface area contributed by atoms with Crippen molar-refractivity contribution in [2.75, 3.05) is 0 Å². The van der Waals surface area contributed by atoms with E-state index in [0.717, 1.165) is 35.4 Å². The molecular formula is C18H16F3NO3. The average molecular weight is 351 g/mol. The molecule has 0 aliphatic rings. The number of carbonyl (C=O) groups excluding carboxylic acids is 1. The summed E-state index contributed by atoms with van der Waals surface area (Å²) in [7, 11) is 0. The average Bonchev–Trinajstić information content (AvgIpc) is 2.55. The molecule has 0 spiro atoms. The van der Waals surface area contributed by atoms with Gasteiger partial charge in [-0.3, -0.25) is 4.79 Å². The number of hydrogen-bond donors (Lipinski definition) is 2. The molecule has 25 heavy (non-hydrogen) atoms. The van der Waals surface area contributed by atoms with Crippen molar-refractivity contribution in [2.45, 2.75) is 25.6 Å². The van der Waals surface area contributed by atoms with Gasteiger partial charge in [0.1, 0.15) is 6.04 Å². The van der Waals surface area contributed by atoms with E-state index in [9.17, 15) is 27.9 Å². The maximum Gasteiger partial charge on any atom is 0.416 e. The van der Waals surface area contributed by atoms with E-state index in [1.807, 2.05) is 19.1 Å². The second kappa shape index (κ2) is 7.38. The van der Waals surface area contributed by atoms with Gasteiger partial charge in [-0.15, -0.1) is 0 Å². The monoisotopic (exact) mass is 351 g/mol. The molecule has 0 heterocycles. The van der Waals surface area contributed by atoms with Crippen LogP contribution < -0.4 is 5.32 Å². The normalized spacial score (nSPS) is 12.5. The number of benzene rings is 2. The first kappa shape index (κ1) is 18.5. The molecule has 0 aliphatic heterocycles. The summed E-state index contributed by atoms with van der Waals surface area (Å²) in [4.78, 5) is 23.5. The molecule has 0 saturated carbocycles. The Hall–Kier alpha value is -2.83. The van der Waals surface area contributed by atoms with Crippen LogP contribution in [0.4, 0.5) is 13.2 Å².